The van der Waals surface area contributed by atoms with E-state index < -0.39 is 9.84 Å². The molecule has 1 aliphatic rings. The lowest BCUT2D eigenvalue weighted by molar-refractivity contribution is 0.457. The molecular formula is C12H25NO2S. The maximum Gasteiger partial charge on any atom is 0.151 e. The lowest BCUT2D eigenvalue weighted by Crippen LogP contribution is -2.33. The van der Waals surface area contributed by atoms with Gasteiger partial charge in [0.15, 0.2) is 9.84 Å². The first-order chi connectivity index (χ1) is 7.53. The van der Waals surface area contributed by atoms with Crippen LogP contribution >= 0.6 is 0 Å². The number of nitrogens with one attached hydrogen (secondary N) is 1. The molecule has 2 unspecified atom stereocenters. The van der Waals surface area contributed by atoms with E-state index in [1.54, 1.807) is 6.92 Å². The average molecular weight is 247 g/mol. The van der Waals surface area contributed by atoms with Gasteiger partial charge in [-0.2, -0.15) is 0 Å². The molecule has 16 heavy (non-hydrogen) atoms. The Morgan fingerprint density at radius 1 is 1.19 bits per heavy atom. The molecule has 2 atom stereocenters. The van der Waals surface area contributed by atoms with E-state index in [1.165, 1.54) is 32.1 Å². The van der Waals surface area contributed by atoms with Crippen molar-refractivity contribution >= 4 is 9.84 Å². The average Bonchev–Trinajstić information content (AvgIpc) is 2.44. The molecule has 0 bridgehead atoms. The second kappa shape index (κ2) is 6.60. The summed E-state index contributed by atoms with van der Waals surface area (Å²) in [5.41, 5.74) is 0. The summed E-state index contributed by atoms with van der Waals surface area (Å²) >= 11 is 0. The zero-order chi connectivity index (χ0) is 12.0. The van der Waals surface area contributed by atoms with E-state index in [0.717, 1.165) is 5.92 Å². The smallest absolute Gasteiger partial charge is 0.151 e. The minimum Gasteiger partial charge on any atom is -0.313 e. The fourth-order valence-corrected chi connectivity index (χ4v) is 2.97. The van der Waals surface area contributed by atoms with Crippen LogP contribution in [0.15, 0.2) is 0 Å². The van der Waals surface area contributed by atoms with E-state index in [0.29, 0.717) is 12.6 Å². The lowest BCUT2D eigenvalue weighted by Gasteiger charge is -2.16. The van der Waals surface area contributed by atoms with Gasteiger partial charge in [-0.05, 0) is 25.2 Å². The third-order valence-electron chi connectivity index (χ3n) is 3.54. The highest BCUT2D eigenvalue weighted by Crippen LogP contribution is 2.22. The first-order valence-electron chi connectivity index (χ1n) is 6.47. The first-order valence-corrected chi connectivity index (χ1v) is 8.29. The van der Waals surface area contributed by atoms with E-state index in [9.17, 15) is 8.42 Å². The molecular weight excluding hydrogens is 222 g/mol. The minimum atomic E-state index is -2.80. The van der Waals surface area contributed by atoms with Gasteiger partial charge < -0.3 is 5.32 Å². The second-order valence-corrected chi connectivity index (χ2v) is 7.47. The van der Waals surface area contributed by atoms with Crippen LogP contribution in [0.5, 0.6) is 0 Å². The molecule has 1 saturated carbocycles. The van der Waals surface area contributed by atoms with Crippen LogP contribution in [-0.4, -0.2) is 32.5 Å². The molecule has 0 aromatic rings. The molecule has 0 radical (unpaired) electrons. The van der Waals surface area contributed by atoms with Crippen molar-refractivity contribution in [2.75, 3.05) is 18.1 Å². The highest BCUT2D eigenvalue weighted by molar-refractivity contribution is 7.91. The van der Waals surface area contributed by atoms with Gasteiger partial charge in [0.25, 0.3) is 0 Å². The van der Waals surface area contributed by atoms with Gasteiger partial charge >= 0.3 is 0 Å². The number of hydrogen-bond acceptors (Lipinski definition) is 3. The fourth-order valence-electron chi connectivity index (χ4n) is 2.25. The quantitative estimate of drug-likeness (QED) is 0.756. The van der Waals surface area contributed by atoms with E-state index in [4.69, 9.17) is 0 Å². The van der Waals surface area contributed by atoms with Crippen LogP contribution < -0.4 is 5.32 Å². The molecule has 0 saturated heterocycles. The first kappa shape index (κ1) is 14.0. The summed E-state index contributed by atoms with van der Waals surface area (Å²) in [6.45, 7) is 4.64. The van der Waals surface area contributed by atoms with Crippen molar-refractivity contribution in [3.63, 3.8) is 0 Å². The monoisotopic (exact) mass is 247 g/mol. The van der Waals surface area contributed by atoms with Crippen molar-refractivity contribution in [2.24, 2.45) is 5.92 Å². The molecule has 0 spiro atoms. The third kappa shape index (κ3) is 5.30. The summed E-state index contributed by atoms with van der Waals surface area (Å²) in [7, 11) is -2.80. The summed E-state index contributed by atoms with van der Waals surface area (Å²) in [4.78, 5) is 0. The maximum atomic E-state index is 11.3. The van der Waals surface area contributed by atoms with Crippen LogP contribution in [0.2, 0.25) is 0 Å². The highest BCUT2D eigenvalue weighted by Gasteiger charge is 2.16. The van der Waals surface area contributed by atoms with Crippen LogP contribution in [0.3, 0.4) is 0 Å². The molecule has 0 amide bonds. The van der Waals surface area contributed by atoms with Crippen molar-refractivity contribution in [3.8, 4) is 0 Å². The Labute approximate surface area is 99.9 Å². The molecule has 1 rings (SSSR count). The lowest BCUT2D eigenvalue weighted by atomic mass is 10.0. The van der Waals surface area contributed by atoms with Gasteiger partial charge in [-0.3, -0.25) is 0 Å². The van der Waals surface area contributed by atoms with Gasteiger partial charge in [0.1, 0.15) is 0 Å². The summed E-state index contributed by atoms with van der Waals surface area (Å²) in [5.74, 6) is 1.39. The van der Waals surface area contributed by atoms with Crippen molar-refractivity contribution < 1.29 is 8.42 Å². The number of rotatable bonds is 5. The zero-order valence-corrected chi connectivity index (χ0v) is 11.4. The zero-order valence-electron chi connectivity index (χ0n) is 10.5. The third-order valence-corrected chi connectivity index (χ3v) is 5.25. The molecule has 1 aliphatic carbocycles. The van der Waals surface area contributed by atoms with E-state index in [2.05, 4.69) is 12.2 Å². The summed E-state index contributed by atoms with van der Waals surface area (Å²) in [6.07, 6.45) is 6.28. The molecule has 1 fully saturated rings. The van der Waals surface area contributed by atoms with Gasteiger partial charge in [0.05, 0.1) is 5.75 Å². The van der Waals surface area contributed by atoms with E-state index in [-0.39, 0.29) is 11.5 Å². The van der Waals surface area contributed by atoms with Crippen LogP contribution in [0, 0.1) is 5.92 Å². The number of sulfone groups is 1. The summed E-state index contributed by atoms with van der Waals surface area (Å²) in [5, 5.41) is 3.39. The van der Waals surface area contributed by atoms with Gasteiger partial charge in [-0.1, -0.05) is 26.7 Å². The minimum absolute atomic E-state index is 0.260. The molecule has 0 aliphatic heterocycles. The van der Waals surface area contributed by atoms with Crippen molar-refractivity contribution in [2.45, 2.75) is 52.0 Å². The van der Waals surface area contributed by atoms with Crippen molar-refractivity contribution in [1.29, 1.82) is 0 Å². The van der Waals surface area contributed by atoms with Crippen LogP contribution in [0.4, 0.5) is 0 Å². The van der Waals surface area contributed by atoms with Gasteiger partial charge in [-0.15, -0.1) is 0 Å². The van der Waals surface area contributed by atoms with Crippen molar-refractivity contribution in [1.82, 2.24) is 5.32 Å². The Morgan fingerprint density at radius 3 is 2.62 bits per heavy atom. The molecule has 0 aromatic heterocycles. The largest absolute Gasteiger partial charge is 0.313 e. The topological polar surface area (TPSA) is 46.2 Å². The molecule has 0 aromatic carbocycles. The van der Waals surface area contributed by atoms with Gasteiger partial charge in [0.2, 0.25) is 0 Å². The molecule has 1 N–H and O–H groups in total. The summed E-state index contributed by atoms with van der Waals surface area (Å²) < 4.78 is 22.6. The SMILES string of the molecule is CCS(=O)(=O)CCNC1CCCC(C)CC1. The second-order valence-electron chi connectivity index (χ2n) is 5.00. The van der Waals surface area contributed by atoms with E-state index >= 15 is 0 Å². The standard InChI is InChI=1S/C12H25NO2S/c1-3-16(14,15)10-9-13-12-6-4-5-11(2)7-8-12/h11-13H,3-10H2,1-2H3. The molecule has 0 heterocycles. The Balaban J connectivity index is 2.22. The summed E-state index contributed by atoms with van der Waals surface area (Å²) in [6, 6.07) is 0.539. The van der Waals surface area contributed by atoms with Crippen molar-refractivity contribution in [3.05, 3.63) is 0 Å². The predicted octanol–water partition coefficient (Wildman–Crippen LogP) is 1.98. The molecule has 96 valence electrons. The Morgan fingerprint density at radius 2 is 1.94 bits per heavy atom. The maximum absolute atomic E-state index is 11.3. The van der Waals surface area contributed by atoms with Crippen LogP contribution in [0.25, 0.3) is 0 Å². The fraction of sp³-hybridized carbons (Fsp3) is 1.00. The predicted molar refractivity (Wildman–Crippen MR) is 68.4 cm³/mol. The Hall–Kier alpha value is -0.0900. The highest BCUT2D eigenvalue weighted by atomic mass is 32.2. The molecule has 4 heteroatoms. The van der Waals surface area contributed by atoms with Gasteiger partial charge in [-0.25, -0.2) is 8.42 Å². The Kier molecular flexibility index (Phi) is 5.76. The Bertz CT molecular complexity index is 287. The van der Waals surface area contributed by atoms with Crippen LogP contribution in [0.1, 0.15) is 46.0 Å². The van der Waals surface area contributed by atoms with Crippen LogP contribution in [-0.2, 0) is 9.84 Å². The number of hydrogen-bond donors (Lipinski definition) is 1. The molecule has 3 nitrogen and oxygen atoms in total. The normalized spacial score (nSPS) is 27.6. The van der Waals surface area contributed by atoms with E-state index in [1.807, 2.05) is 0 Å². The van der Waals surface area contributed by atoms with Gasteiger partial charge in [0, 0.05) is 18.3 Å².